The van der Waals surface area contributed by atoms with E-state index in [9.17, 15) is 4.79 Å². The van der Waals surface area contributed by atoms with Gasteiger partial charge in [0.15, 0.2) is 0 Å². The van der Waals surface area contributed by atoms with Crippen molar-refractivity contribution in [1.29, 1.82) is 0 Å². The minimum absolute atomic E-state index is 0.0243. The van der Waals surface area contributed by atoms with Crippen molar-refractivity contribution in [3.8, 4) is 33.8 Å². The molecule has 2 aliphatic rings. The quantitative estimate of drug-likeness (QED) is 0.315. The number of fused-ring (bicyclic) bond motifs is 2. The highest BCUT2D eigenvalue weighted by atomic mass is 19.1. The molecule has 0 amide bonds. The molecule has 38 heavy (non-hydrogen) atoms. The summed E-state index contributed by atoms with van der Waals surface area (Å²) in [6.07, 6.45) is 4.42. The van der Waals surface area contributed by atoms with Crippen molar-refractivity contribution >= 4 is 5.97 Å². The monoisotopic (exact) mass is 510 g/mol. The first-order valence-corrected chi connectivity index (χ1v) is 12.7. The molecule has 1 N–H and O–H groups in total. The average Bonchev–Trinajstić information content (AvgIpc) is 3.50. The second-order valence-electron chi connectivity index (χ2n) is 10.1. The van der Waals surface area contributed by atoms with Crippen LogP contribution in [0.25, 0.3) is 22.3 Å². The Morgan fingerprint density at radius 1 is 1.08 bits per heavy atom. The van der Waals surface area contributed by atoms with Crippen molar-refractivity contribution in [2.24, 2.45) is 0 Å². The molecule has 0 spiro atoms. The summed E-state index contributed by atoms with van der Waals surface area (Å²) in [5.41, 5.74) is 8.91. The Hall–Kier alpha value is -4.26. The number of hydrogen-bond acceptors (Lipinski definition) is 5. The molecule has 1 aromatic heterocycles. The van der Waals surface area contributed by atoms with Gasteiger partial charge < -0.3 is 14.6 Å². The van der Waals surface area contributed by atoms with Crippen molar-refractivity contribution in [2.45, 2.75) is 45.1 Å². The number of carboxylic acids is 1. The van der Waals surface area contributed by atoms with Gasteiger partial charge in [-0.15, -0.1) is 0 Å². The van der Waals surface area contributed by atoms with Gasteiger partial charge in [0.2, 0.25) is 0 Å². The third-order valence-electron chi connectivity index (χ3n) is 7.57. The lowest BCUT2D eigenvalue weighted by molar-refractivity contribution is -0.137. The van der Waals surface area contributed by atoms with E-state index in [-0.39, 0.29) is 18.2 Å². The molecule has 6 nitrogen and oxygen atoms in total. The molecule has 1 aliphatic carbocycles. The van der Waals surface area contributed by atoms with E-state index in [0.29, 0.717) is 36.5 Å². The maximum absolute atomic E-state index is 15.2. The van der Waals surface area contributed by atoms with E-state index in [4.69, 9.17) is 14.6 Å². The zero-order valence-corrected chi connectivity index (χ0v) is 21.2. The highest BCUT2D eigenvalue weighted by Crippen LogP contribution is 2.45. The predicted octanol–water partition coefficient (Wildman–Crippen LogP) is 6.58. The van der Waals surface area contributed by atoms with Crippen molar-refractivity contribution < 1.29 is 23.8 Å². The molecule has 0 saturated heterocycles. The molecule has 3 aromatic carbocycles. The van der Waals surface area contributed by atoms with Crippen molar-refractivity contribution in [3.05, 3.63) is 94.6 Å². The molecule has 0 fully saturated rings. The topological polar surface area (TPSA) is 81.5 Å². The Bertz CT molecular complexity index is 1530. The summed E-state index contributed by atoms with van der Waals surface area (Å²) < 4.78 is 27.3. The average molecular weight is 511 g/mol. The maximum Gasteiger partial charge on any atom is 0.304 e. The number of aryl methyl sites for hydroxylation is 2. The number of ether oxygens (including phenoxy) is 2. The number of carboxylic acid groups (broad SMARTS) is 1. The van der Waals surface area contributed by atoms with Crippen LogP contribution in [0.15, 0.2) is 60.9 Å². The maximum atomic E-state index is 15.2. The van der Waals surface area contributed by atoms with E-state index in [2.05, 4.69) is 36.2 Å². The molecule has 0 radical (unpaired) electrons. The summed E-state index contributed by atoms with van der Waals surface area (Å²) in [5.74, 6) is -0.0616. The van der Waals surface area contributed by atoms with E-state index in [1.807, 2.05) is 24.3 Å². The van der Waals surface area contributed by atoms with Crippen molar-refractivity contribution in [1.82, 2.24) is 10.2 Å². The largest absolute Gasteiger partial charge is 0.492 e. The van der Waals surface area contributed by atoms with Crippen LogP contribution in [0.5, 0.6) is 11.5 Å². The molecule has 4 aromatic rings. The first kappa shape index (κ1) is 24.1. The van der Waals surface area contributed by atoms with Gasteiger partial charge in [-0.05, 0) is 78.3 Å². The van der Waals surface area contributed by atoms with Gasteiger partial charge in [-0.1, -0.05) is 24.3 Å². The molecule has 0 bridgehead atoms. The van der Waals surface area contributed by atoms with Gasteiger partial charge in [0, 0.05) is 28.7 Å². The van der Waals surface area contributed by atoms with Gasteiger partial charge in [0.1, 0.15) is 23.4 Å². The zero-order valence-electron chi connectivity index (χ0n) is 21.2. The molecule has 2 heterocycles. The van der Waals surface area contributed by atoms with E-state index < -0.39 is 12.1 Å². The highest BCUT2D eigenvalue weighted by Gasteiger charge is 2.32. The summed E-state index contributed by atoms with van der Waals surface area (Å²) >= 11 is 0. The van der Waals surface area contributed by atoms with Crippen molar-refractivity contribution in [3.63, 3.8) is 0 Å². The molecule has 192 valence electrons. The summed E-state index contributed by atoms with van der Waals surface area (Å²) in [7, 11) is 0. The lowest BCUT2D eigenvalue weighted by atomic mass is 9.88. The normalized spacial score (nSPS) is 17.6. The van der Waals surface area contributed by atoms with Gasteiger partial charge in [-0.25, -0.2) is 4.39 Å². The van der Waals surface area contributed by atoms with Crippen LogP contribution in [0.1, 0.15) is 52.7 Å². The number of hydrogen-bond donors (Lipinski definition) is 1. The fraction of sp³-hybridized carbons (Fsp3) is 0.258. The van der Waals surface area contributed by atoms with Gasteiger partial charge in [0.05, 0.1) is 25.4 Å². The van der Waals surface area contributed by atoms with Crippen LogP contribution in [-0.2, 0) is 11.2 Å². The SMILES string of the molecule is Cc1cc(-c2ccnnc2)cc(C)c1-c1ccc(F)c2c1CC[C@H]2Oc1ccc2c(c1)OC[C@H]2CC(=O)O. The lowest BCUT2D eigenvalue weighted by Crippen LogP contribution is -2.07. The second kappa shape index (κ2) is 9.56. The van der Waals surface area contributed by atoms with E-state index >= 15 is 4.39 Å². The molecule has 1 aliphatic heterocycles. The van der Waals surface area contributed by atoms with Crippen LogP contribution in [0.4, 0.5) is 4.39 Å². The minimum Gasteiger partial charge on any atom is -0.492 e. The number of benzene rings is 3. The molecule has 0 unspecified atom stereocenters. The van der Waals surface area contributed by atoms with Crippen molar-refractivity contribution in [2.75, 3.05) is 6.61 Å². The third kappa shape index (κ3) is 4.28. The molecule has 0 saturated carbocycles. The van der Waals surface area contributed by atoms with Crippen LogP contribution >= 0.6 is 0 Å². The molecular formula is C31H27FN2O4. The van der Waals surface area contributed by atoms with Gasteiger partial charge in [0.25, 0.3) is 0 Å². The molecule has 2 atom stereocenters. The molecular weight excluding hydrogens is 483 g/mol. The third-order valence-corrected chi connectivity index (χ3v) is 7.57. The number of aliphatic carboxylic acids is 1. The fourth-order valence-electron chi connectivity index (χ4n) is 5.92. The second-order valence-corrected chi connectivity index (χ2v) is 10.1. The van der Waals surface area contributed by atoms with Gasteiger partial charge in [-0.2, -0.15) is 10.2 Å². The molecule has 7 heteroatoms. The van der Waals surface area contributed by atoms with E-state index in [0.717, 1.165) is 44.5 Å². The summed E-state index contributed by atoms with van der Waals surface area (Å²) in [6.45, 7) is 4.51. The first-order valence-electron chi connectivity index (χ1n) is 12.7. The van der Waals surface area contributed by atoms with E-state index in [1.54, 1.807) is 18.5 Å². The number of rotatable bonds is 6. The van der Waals surface area contributed by atoms with Crippen LogP contribution < -0.4 is 9.47 Å². The Morgan fingerprint density at radius 3 is 2.63 bits per heavy atom. The number of aromatic nitrogens is 2. The summed E-state index contributed by atoms with van der Waals surface area (Å²) in [4.78, 5) is 11.1. The Kier molecular flexibility index (Phi) is 6.06. The number of nitrogens with zero attached hydrogens (tertiary/aromatic N) is 2. The lowest BCUT2D eigenvalue weighted by Gasteiger charge is -2.19. The predicted molar refractivity (Wildman–Crippen MR) is 141 cm³/mol. The molecule has 6 rings (SSSR count). The first-order chi connectivity index (χ1) is 18.4. The van der Waals surface area contributed by atoms with Crippen LogP contribution in [0.3, 0.4) is 0 Å². The van der Waals surface area contributed by atoms with E-state index in [1.165, 1.54) is 6.07 Å². The smallest absolute Gasteiger partial charge is 0.304 e. The van der Waals surface area contributed by atoms with Crippen LogP contribution in [-0.4, -0.2) is 27.9 Å². The minimum atomic E-state index is -0.852. The van der Waals surface area contributed by atoms with Crippen LogP contribution in [0, 0.1) is 19.7 Å². The van der Waals surface area contributed by atoms with Gasteiger partial charge in [-0.3, -0.25) is 4.79 Å². The highest BCUT2D eigenvalue weighted by molar-refractivity contribution is 5.79. The summed E-state index contributed by atoms with van der Waals surface area (Å²) in [6, 6.07) is 15.1. The number of halogens is 1. The Morgan fingerprint density at radius 2 is 1.89 bits per heavy atom. The Balaban J connectivity index is 1.31. The standard InChI is InChI=1S/C31H27FN2O4/c1-17-11-20(19-9-10-33-34-15-19)12-18(2)30(17)24-5-7-26(32)31-25(24)6-8-27(31)38-22-3-4-23-21(13-29(35)36)16-37-28(23)14-22/h3-5,7,9-12,14-15,21,27H,6,8,13,16H2,1-2H3,(H,35,36)/t21-,27-/m1/s1. The summed E-state index contributed by atoms with van der Waals surface area (Å²) in [5, 5.41) is 17.0. The van der Waals surface area contributed by atoms with Crippen LogP contribution in [0.2, 0.25) is 0 Å². The number of carbonyl (C=O) groups is 1. The Labute approximate surface area is 220 Å². The zero-order chi connectivity index (χ0) is 26.4. The fourth-order valence-corrected chi connectivity index (χ4v) is 5.92. The van der Waals surface area contributed by atoms with Gasteiger partial charge >= 0.3 is 5.97 Å².